The van der Waals surface area contributed by atoms with Crippen LogP contribution >= 0.6 is 15.9 Å². The van der Waals surface area contributed by atoms with Crippen molar-refractivity contribution in [3.8, 4) is 11.5 Å². The molecular weight excluding hydrogens is 238 g/mol. The quantitative estimate of drug-likeness (QED) is 0.630. The van der Waals surface area contributed by atoms with E-state index in [1.807, 2.05) is 0 Å². The molecule has 0 unspecified atom stereocenters. The van der Waals surface area contributed by atoms with Gasteiger partial charge in [0, 0.05) is 4.47 Å². The van der Waals surface area contributed by atoms with E-state index in [9.17, 15) is 9.90 Å². The molecule has 0 atom stereocenters. The predicted octanol–water partition coefficient (Wildman–Crippen LogP) is 1.73. The number of ether oxygens (including phenoxy) is 1. The Bertz CT molecular complexity index is 327. The number of rotatable bonds is 3. The molecular formula is C8H8BrNO3. The zero-order chi connectivity index (χ0) is 9.84. The van der Waals surface area contributed by atoms with E-state index < -0.39 is 0 Å². The van der Waals surface area contributed by atoms with Gasteiger partial charge in [-0.25, -0.2) is 0 Å². The lowest BCUT2D eigenvalue weighted by Crippen LogP contribution is -1.95. The van der Waals surface area contributed by atoms with Crippen LogP contribution < -0.4 is 10.1 Å². The highest BCUT2D eigenvalue weighted by atomic mass is 79.9. The first-order chi connectivity index (χ1) is 6.19. The zero-order valence-electron chi connectivity index (χ0n) is 6.87. The van der Waals surface area contributed by atoms with Gasteiger partial charge in [0.2, 0.25) is 6.41 Å². The molecule has 70 valence electrons. The maximum atomic E-state index is 10.2. The molecule has 0 fully saturated rings. The smallest absolute Gasteiger partial charge is 0.211 e. The first-order valence-electron chi connectivity index (χ1n) is 3.45. The minimum atomic E-state index is -0.0854. The van der Waals surface area contributed by atoms with Crippen molar-refractivity contribution in [1.82, 2.24) is 0 Å². The number of anilines is 1. The van der Waals surface area contributed by atoms with Crippen LogP contribution in [0.1, 0.15) is 0 Å². The number of halogens is 1. The maximum Gasteiger partial charge on any atom is 0.211 e. The van der Waals surface area contributed by atoms with Gasteiger partial charge in [0.15, 0.2) is 11.5 Å². The fourth-order valence-electron chi connectivity index (χ4n) is 0.903. The third-order valence-electron chi connectivity index (χ3n) is 1.47. The number of methoxy groups -OCH3 is 1. The molecule has 0 aliphatic rings. The van der Waals surface area contributed by atoms with Gasteiger partial charge >= 0.3 is 0 Å². The average molecular weight is 246 g/mol. The van der Waals surface area contributed by atoms with Gasteiger partial charge in [-0.3, -0.25) is 4.79 Å². The second-order valence-corrected chi connectivity index (χ2v) is 3.18. The van der Waals surface area contributed by atoms with Gasteiger partial charge in [0.1, 0.15) is 0 Å². The number of phenolic OH excluding ortho intramolecular Hbond substituents is 1. The summed E-state index contributed by atoms with van der Waals surface area (Å²) in [6.45, 7) is 0. The highest BCUT2D eigenvalue weighted by Gasteiger charge is 2.08. The summed E-state index contributed by atoms with van der Waals surface area (Å²) < 4.78 is 5.59. The number of aromatic hydroxyl groups is 1. The Morgan fingerprint density at radius 3 is 2.85 bits per heavy atom. The Balaban J connectivity index is 3.18. The topological polar surface area (TPSA) is 58.6 Å². The molecule has 0 aromatic heterocycles. The highest BCUT2D eigenvalue weighted by molar-refractivity contribution is 9.10. The number of hydrogen-bond acceptors (Lipinski definition) is 3. The summed E-state index contributed by atoms with van der Waals surface area (Å²) in [5, 5.41) is 11.8. The fourth-order valence-corrected chi connectivity index (χ4v) is 1.34. The third kappa shape index (κ3) is 2.12. The van der Waals surface area contributed by atoms with Crippen molar-refractivity contribution in [3.63, 3.8) is 0 Å². The Morgan fingerprint density at radius 2 is 2.31 bits per heavy atom. The second kappa shape index (κ2) is 4.13. The van der Waals surface area contributed by atoms with Crippen molar-refractivity contribution in [2.75, 3.05) is 12.4 Å². The first-order valence-corrected chi connectivity index (χ1v) is 4.25. The largest absolute Gasteiger partial charge is 0.503 e. The average Bonchev–Trinajstić information content (AvgIpc) is 2.11. The number of benzene rings is 1. The van der Waals surface area contributed by atoms with E-state index in [0.29, 0.717) is 22.3 Å². The SMILES string of the molecule is COc1cc(Br)cc(NC=O)c1O. The molecule has 0 aliphatic carbocycles. The van der Waals surface area contributed by atoms with E-state index in [1.54, 1.807) is 12.1 Å². The lowest BCUT2D eigenvalue weighted by molar-refractivity contribution is -0.105. The van der Waals surface area contributed by atoms with Gasteiger partial charge in [-0.1, -0.05) is 15.9 Å². The number of nitrogens with one attached hydrogen (secondary N) is 1. The molecule has 0 bridgehead atoms. The van der Waals surface area contributed by atoms with E-state index in [0.717, 1.165) is 0 Å². The maximum absolute atomic E-state index is 10.2. The molecule has 1 aromatic rings. The number of phenols is 1. The number of amides is 1. The van der Waals surface area contributed by atoms with Crippen LogP contribution in [0.4, 0.5) is 5.69 Å². The molecule has 0 aliphatic heterocycles. The number of carbonyl (C=O) groups excluding carboxylic acids is 1. The summed E-state index contributed by atoms with van der Waals surface area (Å²) in [7, 11) is 1.44. The summed E-state index contributed by atoms with van der Waals surface area (Å²) in [4.78, 5) is 10.2. The standard InChI is InChI=1S/C8H8BrNO3/c1-13-7-3-5(9)2-6(8(7)12)10-4-11/h2-4,12H,1H3,(H,10,11). The van der Waals surface area contributed by atoms with Crippen LogP contribution in [-0.4, -0.2) is 18.6 Å². The van der Waals surface area contributed by atoms with Crippen LogP contribution in [0, 0.1) is 0 Å². The summed E-state index contributed by atoms with van der Waals surface area (Å²) in [5.41, 5.74) is 0.307. The van der Waals surface area contributed by atoms with Crippen molar-refractivity contribution < 1.29 is 14.6 Å². The van der Waals surface area contributed by atoms with Gasteiger partial charge in [-0.15, -0.1) is 0 Å². The highest BCUT2D eigenvalue weighted by Crippen LogP contribution is 2.36. The Hall–Kier alpha value is -1.23. The molecule has 0 saturated heterocycles. The monoisotopic (exact) mass is 245 g/mol. The molecule has 0 heterocycles. The summed E-state index contributed by atoms with van der Waals surface area (Å²) in [5.74, 6) is 0.219. The van der Waals surface area contributed by atoms with Gasteiger partial charge in [0.25, 0.3) is 0 Å². The van der Waals surface area contributed by atoms with E-state index in [-0.39, 0.29) is 5.75 Å². The van der Waals surface area contributed by atoms with Crippen LogP contribution in [0.25, 0.3) is 0 Å². The minimum Gasteiger partial charge on any atom is -0.503 e. The van der Waals surface area contributed by atoms with Crippen molar-refractivity contribution in [1.29, 1.82) is 0 Å². The lowest BCUT2D eigenvalue weighted by Gasteiger charge is -2.08. The molecule has 0 saturated carbocycles. The zero-order valence-corrected chi connectivity index (χ0v) is 8.46. The van der Waals surface area contributed by atoms with Gasteiger partial charge in [-0.05, 0) is 12.1 Å². The van der Waals surface area contributed by atoms with Gasteiger partial charge < -0.3 is 15.2 Å². The Morgan fingerprint density at radius 1 is 1.62 bits per heavy atom. The van der Waals surface area contributed by atoms with Crippen LogP contribution in [0.3, 0.4) is 0 Å². The first kappa shape index (κ1) is 9.85. The predicted molar refractivity (Wildman–Crippen MR) is 52.0 cm³/mol. The molecule has 0 spiro atoms. The second-order valence-electron chi connectivity index (χ2n) is 2.27. The molecule has 0 radical (unpaired) electrons. The normalized spacial score (nSPS) is 9.38. The fraction of sp³-hybridized carbons (Fsp3) is 0.125. The summed E-state index contributed by atoms with van der Waals surface area (Å²) in [6, 6.07) is 3.18. The molecule has 5 heteroatoms. The van der Waals surface area contributed by atoms with E-state index in [1.165, 1.54) is 7.11 Å². The molecule has 13 heavy (non-hydrogen) atoms. The van der Waals surface area contributed by atoms with E-state index >= 15 is 0 Å². The van der Waals surface area contributed by atoms with Crippen molar-refractivity contribution in [3.05, 3.63) is 16.6 Å². The van der Waals surface area contributed by atoms with E-state index in [4.69, 9.17) is 4.74 Å². The summed E-state index contributed by atoms with van der Waals surface area (Å²) >= 11 is 3.21. The van der Waals surface area contributed by atoms with Crippen LogP contribution in [-0.2, 0) is 4.79 Å². The van der Waals surface area contributed by atoms with Gasteiger partial charge in [0.05, 0.1) is 12.8 Å². The number of carbonyl (C=O) groups is 1. The van der Waals surface area contributed by atoms with Crippen LogP contribution in [0.15, 0.2) is 16.6 Å². The summed E-state index contributed by atoms with van der Waals surface area (Å²) in [6.07, 6.45) is 0.487. The van der Waals surface area contributed by atoms with Crippen LogP contribution in [0.5, 0.6) is 11.5 Å². The van der Waals surface area contributed by atoms with Crippen LogP contribution in [0.2, 0.25) is 0 Å². The number of hydrogen-bond donors (Lipinski definition) is 2. The van der Waals surface area contributed by atoms with Gasteiger partial charge in [-0.2, -0.15) is 0 Å². The molecule has 1 amide bonds. The van der Waals surface area contributed by atoms with Crippen molar-refractivity contribution in [2.24, 2.45) is 0 Å². The molecule has 4 nitrogen and oxygen atoms in total. The minimum absolute atomic E-state index is 0.0854. The Labute approximate surface area is 83.6 Å². The molecule has 2 N–H and O–H groups in total. The van der Waals surface area contributed by atoms with Crippen molar-refractivity contribution >= 4 is 28.0 Å². The molecule has 1 rings (SSSR count). The third-order valence-corrected chi connectivity index (χ3v) is 1.93. The lowest BCUT2D eigenvalue weighted by atomic mass is 10.2. The molecule has 1 aromatic carbocycles. The van der Waals surface area contributed by atoms with E-state index in [2.05, 4.69) is 21.2 Å². The Kier molecular flexibility index (Phi) is 3.13. The van der Waals surface area contributed by atoms with Crippen molar-refractivity contribution in [2.45, 2.75) is 0 Å².